The molecule has 4 nitrogen and oxygen atoms in total. The average Bonchev–Trinajstić information content (AvgIpc) is 3.07. The Morgan fingerprint density at radius 2 is 2.37 bits per heavy atom. The van der Waals surface area contributed by atoms with Crippen LogP contribution in [0.5, 0.6) is 0 Å². The van der Waals surface area contributed by atoms with Crippen molar-refractivity contribution in [1.82, 2.24) is 5.16 Å². The molecule has 1 aliphatic heterocycles. The SMILES string of the molecule is Nc1onc(CCC2CCCCO2)c1-c1cccs1. The highest BCUT2D eigenvalue weighted by atomic mass is 32.1. The Hall–Kier alpha value is -1.33. The monoisotopic (exact) mass is 278 g/mol. The predicted octanol–water partition coefficient (Wildman–Crippen LogP) is 3.49. The van der Waals surface area contributed by atoms with Gasteiger partial charge in [0, 0.05) is 11.5 Å². The molecule has 5 heteroatoms. The van der Waals surface area contributed by atoms with Crippen molar-refractivity contribution < 1.29 is 9.26 Å². The first-order valence-corrected chi connectivity index (χ1v) is 7.62. The maximum Gasteiger partial charge on any atom is 0.231 e. The molecule has 3 heterocycles. The summed E-state index contributed by atoms with van der Waals surface area (Å²) in [6, 6.07) is 4.06. The van der Waals surface area contributed by atoms with Crippen LogP contribution in [0.2, 0.25) is 0 Å². The highest BCUT2D eigenvalue weighted by Gasteiger charge is 2.19. The molecule has 0 aromatic carbocycles. The van der Waals surface area contributed by atoms with Crippen LogP contribution in [0, 0.1) is 0 Å². The van der Waals surface area contributed by atoms with Crippen molar-refractivity contribution in [2.24, 2.45) is 0 Å². The van der Waals surface area contributed by atoms with Crippen LogP contribution < -0.4 is 5.73 Å². The number of ether oxygens (including phenoxy) is 1. The number of anilines is 1. The lowest BCUT2D eigenvalue weighted by Crippen LogP contribution is -2.19. The topological polar surface area (TPSA) is 61.3 Å². The van der Waals surface area contributed by atoms with Crippen molar-refractivity contribution in [3.8, 4) is 10.4 Å². The summed E-state index contributed by atoms with van der Waals surface area (Å²) in [5.41, 5.74) is 7.80. The van der Waals surface area contributed by atoms with E-state index in [1.165, 1.54) is 12.8 Å². The predicted molar refractivity (Wildman–Crippen MR) is 76.1 cm³/mol. The smallest absolute Gasteiger partial charge is 0.231 e. The normalized spacial score (nSPS) is 19.7. The Morgan fingerprint density at radius 1 is 1.42 bits per heavy atom. The number of rotatable bonds is 4. The molecule has 19 heavy (non-hydrogen) atoms. The fraction of sp³-hybridized carbons (Fsp3) is 0.500. The second-order valence-electron chi connectivity index (χ2n) is 4.87. The molecule has 0 radical (unpaired) electrons. The van der Waals surface area contributed by atoms with Crippen molar-refractivity contribution in [3.05, 3.63) is 23.2 Å². The summed E-state index contributed by atoms with van der Waals surface area (Å²) in [5.74, 6) is 0.419. The Labute approximate surface area is 116 Å². The quantitative estimate of drug-likeness (QED) is 0.930. The minimum Gasteiger partial charge on any atom is -0.378 e. The van der Waals surface area contributed by atoms with E-state index >= 15 is 0 Å². The third kappa shape index (κ3) is 2.82. The Kier molecular flexibility index (Phi) is 3.84. The van der Waals surface area contributed by atoms with E-state index in [1.807, 2.05) is 17.5 Å². The van der Waals surface area contributed by atoms with Crippen molar-refractivity contribution in [2.75, 3.05) is 12.3 Å². The van der Waals surface area contributed by atoms with E-state index in [0.29, 0.717) is 12.0 Å². The van der Waals surface area contributed by atoms with Gasteiger partial charge in [0.15, 0.2) is 0 Å². The Bertz CT molecular complexity index is 516. The number of hydrogen-bond acceptors (Lipinski definition) is 5. The van der Waals surface area contributed by atoms with E-state index in [-0.39, 0.29) is 0 Å². The number of hydrogen-bond donors (Lipinski definition) is 1. The van der Waals surface area contributed by atoms with E-state index in [2.05, 4.69) is 5.16 Å². The lowest BCUT2D eigenvalue weighted by Gasteiger charge is -2.22. The Morgan fingerprint density at radius 3 is 3.11 bits per heavy atom. The fourth-order valence-electron chi connectivity index (χ4n) is 2.53. The summed E-state index contributed by atoms with van der Waals surface area (Å²) in [6.45, 7) is 0.892. The number of nitrogens with zero attached hydrogens (tertiary/aromatic N) is 1. The maximum absolute atomic E-state index is 5.89. The summed E-state index contributed by atoms with van der Waals surface area (Å²) in [7, 11) is 0. The summed E-state index contributed by atoms with van der Waals surface area (Å²) in [6.07, 6.45) is 5.82. The molecule has 3 rings (SSSR count). The summed E-state index contributed by atoms with van der Waals surface area (Å²) >= 11 is 1.66. The molecule has 0 bridgehead atoms. The molecule has 0 amide bonds. The highest BCUT2D eigenvalue weighted by molar-refractivity contribution is 7.13. The molecular weight excluding hydrogens is 260 g/mol. The third-order valence-electron chi connectivity index (χ3n) is 3.53. The molecule has 2 aromatic heterocycles. The molecule has 1 fully saturated rings. The zero-order chi connectivity index (χ0) is 13.1. The van der Waals surface area contributed by atoms with E-state index in [1.54, 1.807) is 11.3 Å². The molecule has 102 valence electrons. The van der Waals surface area contributed by atoms with Gasteiger partial charge in [-0.25, -0.2) is 0 Å². The van der Waals surface area contributed by atoms with Crippen LogP contribution in [0.4, 0.5) is 5.88 Å². The molecule has 0 aliphatic carbocycles. The number of aromatic nitrogens is 1. The second kappa shape index (κ2) is 5.75. The van der Waals surface area contributed by atoms with Gasteiger partial charge in [-0.05, 0) is 43.6 Å². The number of nitrogens with two attached hydrogens (primary N) is 1. The van der Waals surface area contributed by atoms with Crippen LogP contribution in [-0.2, 0) is 11.2 Å². The minimum atomic E-state index is 0.364. The van der Waals surface area contributed by atoms with Crippen molar-refractivity contribution in [1.29, 1.82) is 0 Å². The van der Waals surface area contributed by atoms with E-state index in [0.717, 1.165) is 42.0 Å². The molecule has 1 unspecified atom stereocenters. The van der Waals surface area contributed by atoms with Gasteiger partial charge in [-0.1, -0.05) is 11.2 Å². The van der Waals surface area contributed by atoms with Gasteiger partial charge in [0.2, 0.25) is 5.88 Å². The van der Waals surface area contributed by atoms with Crippen LogP contribution in [0.25, 0.3) is 10.4 Å². The van der Waals surface area contributed by atoms with Gasteiger partial charge in [-0.2, -0.15) is 0 Å². The van der Waals surface area contributed by atoms with Crippen molar-refractivity contribution >= 4 is 17.2 Å². The third-order valence-corrected chi connectivity index (χ3v) is 4.42. The number of thiophene rings is 1. The first-order valence-electron chi connectivity index (χ1n) is 6.74. The van der Waals surface area contributed by atoms with Crippen LogP contribution in [0.3, 0.4) is 0 Å². The van der Waals surface area contributed by atoms with Crippen molar-refractivity contribution in [3.63, 3.8) is 0 Å². The lowest BCUT2D eigenvalue weighted by atomic mass is 10.0. The largest absolute Gasteiger partial charge is 0.378 e. The van der Waals surface area contributed by atoms with Crippen LogP contribution in [-0.4, -0.2) is 17.9 Å². The van der Waals surface area contributed by atoms with Gasteiger partial charge in [0.25, 0.3) is 0 Å². The summed E-state index contributed by atoms with van der Waals surface area (Å²) in [5, 5.41) is 6.14. The Balaban J connectivity index is 1.71. The maximum atomic E-state index is 5.89. The molecule has 0 spiro atoms. The van der Waals surface area contributed by atoms with Gasteiger partial charge < -0.3 is 15.0 Å². The van der Waals surface area contributed by atoms with E-state index in [4.69, 9.17) is 15.0 Å². The van der Waals surface area contributed by atoms with Crippen LogP contribution >= 0.6 is 11.3 Å². The number of nitrogen functional groups attached to an aromatic ring is 1. The molecule has 2 N–H and O–H groups in total. The molecular formula is C14H18N2O2S. The van der Waals surface area contributed by atoms with Gasteiger partial charge in [0.05, 0.1) is 17.4 Å². The highest BCUT2D eigenvalue weighted by Crippen LogP contribution is 2.34. The second-order valence-corrected chi connectivity index (χ2v) is 5.82. The van der Waals surface area contributed by atoms with Gasteiger partial charge in [0.1, 0.15) is 0 Å². The molecule has 1 aliphatic rings. The molecule has 1 saturated heterocycles. The van der Waals surface area contributed by atoms with E-state index in [9.17, 15) is 0 Å². The standard InChI is InChI=1S/C14H18N2O2S/c15-14-13(12-5-3-9-19-12)11(16-18-14)7-6-10-4-1-2-8-17-10/h3,5,9-10H,1-2,4,6-8,15H2. The fourth-order valence-corrected chi connectivity index (χ4v) is 3.32. The first kappa shape index (κ1) is 12.7. The molecule has 1 atom stereocenters. The van der Waals surface area contributed by atoms with Gasteiger partial charge >= 0.3 is 0 Å². The minimum absolute atomic E-state index is 0.364. The van der Waals surface area contributed by atoms with E-state index < -0.39 is 0 Å². The summed E-state index contributed by atoms with van der Waals surface area (Å²) < 4.78 is 10.9. The zero-order valence-corrected chi connectivity index (χ0v) is 11.6. The number of aryl methyl sites for hydroxylation is 1. The van der Waals surface area contributed by atoms with Gasteiger partial charge in [-0.3, -0.25) is 0 Å². The van der Waals surface area contributed by atoms with Gasteiger partial charge in [-0.15, -0.1) is 11.3 Å². The first-order chi connectivity index (χ1) is 9.34. The average molecular weight is 278 g/mol. The van der Waals surface area contributed by atoms with Crippen LogP contribution in [0.1, 0.15) is 31.4 Å². The molecule has 2 aromatic rings. The van der Waals surface area contributed by atoms with Crippen molar-refractivity contribution in [2.45, 2.75) is 38.2 Å². The lowest BCUT2D eigenvalue weighted by molar-refractivity contribution is 0.0113. The van der Waals surface area contributed by atoms with Crippen LogP contribution in [0.15, 0.2) is 22.0 Å². The zero-order valence-electron chi connectivity index (χ0n) is 10.8. The molecule has 0 saturated carbocycles. The summed E-state index contributed by atoms with van der Waals surface area (Å²) in [4.78, 5) is 1.12.